The quantitative estimate of drug-likeness (QED) is 0.163. The largest absolute Gasteiger partial charge is 0.493 e. The van der Waals surface area contributed by atoms with Gasteiger partial charge in [-0.25, -0.2) is 9.79 Å². The van der Waals surface area contributed by atoms with Crippen LogP contribution in [0.15, 0.2) is 83.5 Å². The lowest BCUT2D eigenvalue weighted by Crippen LogP contribution is -2.11. The van der Waals surface area contributed by atoms with Crippen LogP contribution in [0, 0.1) is 10.1 Å². The van der Waals surface area contributed by atoms with E-state index < -0.39 is 10.9 Å². The Hall–Kier alpha value is -4.79. The molecule has 0 amide bonds. The predicted octanol–water partition coefficient (Wildman–Crippen LogP) is 4.21. The van der Waals surface area contributed by atoms with E-state index in [4.69, 9.17) is 14.2 Å². The molecule has 0 saturated heterocycles. The predicted molar refractivity (Wildman–Crippen MR) is 123 cm³/mol. The van der Waals surface area contributed by atoms with Crippen molar-refractivity contribution in [3.05, 3.63) is 105 Å². The Labute approximate surface area is 194 Å². The molecule has 0 aliphatic carbocycles. The van der Waals surface area contributed by atoms with Gasteiger partial charge in [0, 0.05) is 23.3 Å². The van der Waals surface area contributed by atoms with Crippen molar-refractivity contribution in [2.45, 2.75) is 0 Å². The highest BCUT2D eigenvalue weighted by atomic mass is 16.6. The van der Waals surface area contributed by atoms with E-state index in [1.807, 2.05) is 6.07 Å². The fourth-order valence-electron chi connectivity index (χ4n) is 3.16. The van der Waals surface area contributed by atoms with Crippen LogP contribution in [-0.2, 0) is 9.53 Å². The molecule has 3 aromatic rings. The zero-order valence-electron chi connectivity index (χ0n) is 18.0. The van der Waals surface area contributed by atoms with Gasteiger partial charge in [-0.2, -0.15) is 0 Å². The van der Waals surface area contributed by atoms with E-state index in [-0.39, 0.29) is 29.7 Å². The first-order valence-corrected chi connectivity index (χ1v) is 10.1. The Morgan fingerprint density at radius 1 is 1.06 bits per heavy atom. The molecule has 4 rings (SSSR count). The Morgan fingerprint density at radius 2 is 1.79 bits per heavy atom. The van der Waals surface area contributed by atoms with Crippen LogP contribution in [0.1, 0.15) is 21.5 Å². The first-order valence-electron chi connectivity index (χ1n) is 10.1. The number of benzene rings is 3. The number of nitrogens with zero attached hydrogens (tertiary/aromatic N) is 2. The Morgan fingerprint density at radius 3 is 2.47 bits per heavy atom. The minimum absolute atomic E-state index is 0.0532. The number of Topliss-reactive ketones (excluding diaryl/α,β-unsaturated/α-hetero) is 1. The minimum Gasteiger partial charge on any atom is -0.493 e. The number of ether oxygens (including phenoxy) is 3. The van der Waals surface area contributed by atoms with Gasteiger partial charge < -0.3 is 14.2 Å². The molecule has 3 aromatic carbocycles. The van der Waals surface area contributed by atoms with Crippen molar-refractivity contribution in [3.63, 3.8) is 0 Å². The van der Waals surface area contributed by atoms with Crippen LogP contribution in [0.25, 0.3) is 6.08 Å². The molecule has 1 aliphatic heterocycles. The average Bonchev–Trinajstić information content (AvgIpc) is 3.23. The summed E-state index contributed by atoms with van der Waals surface area (Å²) in [6, 6.07) is 19.3. The maximum atomic E-state index is 12.3. The summed E-state index contributed by atoms with van der Waals surface area (Å²) in [5.74, 6) is -0.0200. The SMILES string of the molecule is COc1cc(/C=C2\N=C(c3ccc([N+](=O)[O-])cc3)OC2=O)ccc1OCC(=O)c1ccccc1. The molecule has 0 bridgehead atoms. The number of rotatable bonds is 8. The lowest BCUT2D eigenvalue weighted by Gasteiger charge is -2.11. The number of esters is 1. The molecular weight excluding hydrogens is 440 g/mol. The number of non-ortho nitro benzene ring substituents is 1. The molecule has 0 spiro atoms. The number of nitro groups is 1. The number of nitro benzene ring substituents is 1. The van der Waals surface area contributed by atoms with Crippen LogP contribution in [-0.4, -0.2) is 36.3 Å². The Bertz CT molecular complexity index is 1310. The van der Waals surface area contributed by atoms with Crippen molar-refractivity contribution < 1.29 is 28.7 Å². The van der Waals surface area contributed by atoms with E-state index in [0.717, 1.165) is 0 Å². The van der Waals surface area contributed by atoms with E-state index in [0.29, 0.717) is 28.2 Å². The molecule has 0 N–H and O–H groups in total. The number of methoxy groups -OCH3 is 1. The van der Waals surface area contributed by atoms with Gasteiger partial charge in [0.05, 0.1) is 12.0 Å². The van der Waals surface area contributed by atoms with Crippen LogP contribution in [0.4, 0.5) is 5.69 Å². The third-order valence-electron chi connectivity index (χ3n) is 4.89. The third kappa shape index (κ3) is 4.99. The summed E-state index contributed by atoms with van der Waals surface area (Å²) < 4.78 is 16.2. The maximum Gasteiger partial charge on any atom is 0.363 e. The fourth-order valence-corrected chi connectivity index (χ4v) is 3.16. The standard InChI is InChI=1S/C25H18N2O7/c1-32-23-14-16(7-12-22(23)33-15-21(28)17-5-3-2-4-6-17)13-20-25(29)34-24(26-20)18-8-10-19(11-9-18)27(30)31/h2-14H,15H2,1H3/b20-13-. The number of hydrogen-bond acceptors (Lipinski definition) is 8. The van der Waals surface area contributed by atoms with Crippen molar-refractivity contribution in [2.24, 2.45) is 4.99 Å². The Balaban J connectivity index is 1.50. The van der Waals surface area contributed by atoms with Gasteiger partial charge in [-0.3, -0.25) is 14.9 Å². The van der Waals surface area contributed by atoms with Gasteiger partial charge in [0.15, 0.2) is 29.6 Å². The van der Waals surface area contributed by atoms with Gasteiger partial charge in [-0.15, -0.1) is 0 Å². The molecule has 0 aromatic heterocycles. The first kappa shape index (κ1) is 22.4. The number of cyclic esters (lactones) is 1. The molecule has 1 aliphatic rings. The highest BCUT2D eigenvalue weighted by molar-refractivity contribution is 6.12. The molecule has 170 valence electrons. The first-order chi connectivity index (χ1) is 16.4. The van der Waals surface area contributed by atoms with Gasteiger partial charge >= 0.3 is 5.97 Å². The second-order valence-electron chi connectivity index (χ2n) is 7.13. The van der Waals surface area contributed by atoms with E-state index in [1.165, 1.54) is 37.5 Å². The lowest BCUT2D eigenvalue weighted by atomic mass is 10.1. The van der Waals surface area contributed by atoms with E-state index in [9.17, 15) is 19.7 Å². The fraction of sp³-hybridized carbons (Fsp3) is 0.0800. The van der Waals surface area contributed by atoms with Crippen molar-refractivity contribution in [1.29, 1.82) is 0 Å². The molecular formula is C25H18N2O7. The summed E-state index contributed by atoms with van der Waals surface area (Å²) in [5.41, 5.74) is 1.56. The summed E-state index contributed by atoms with van der Waals surface area (Å²) in [5, 5.41) is 10.8. The molecule has 1 heterocycles. The molecule has 34 heavy (non-hydrogen) atoms. The highest BCUT2D eigenvalue weighted by Crippen LogP contribution is 2.30. The van der Waals surface area contributed by atoms with Crippen molar-refractivity contribution in [2.75, 3.05) is 13.7 Å². The summed E-state index contributed by atoms with van der Waals surface area (Å²) in [4.78, 5) is 39.0. The van der Waals surface area contributed by atoms with Crippen molar-refractivity contribution in [3.8, 4) is 11.5 Å². The number of carbonyl (C=O) groups is 2. The second-order valence-corrected chi connectivity index (χ2v) is 7.13. The summed E-state index contributed by atoms with van der Waals surface area (Å²) in [6.07, 6.45) is 1.52. The lowest BCUT2D eigenvalue weighted by molar-refractivity contribution is -0.384. The molecule has 9 nitrogen and oxygen atoms in total. The monoisotopic (exact) mass is 458 g/mol. The van der Waals surface area contributed by atoms with E-state index in [2.05, 4.69) is 4.99 Å². The zero-order valence-corrected chi connectivity index (χ0v) is 18.0. The smallest absolute Gasteiger partial charge is 0.363 e. The average molecular weight is 458 g/mol. The number of carbonyl (C=O) groups excluding carboxylic acids is 2. The van der Waals surface area contributed by atoms with Crippen molar-refractivity contribution >= 4 is 29.4 Å². The van der Waals surface area contributed by atoms with Crippen LogP contribution in [0.5, 0.6) is 11.5 Å². The van der Waals surface area contributed by atoms with Gasteiger partial charge in [0.2, 0.25) is 5.90 Å². The van der Waals surface area contributed by atoms with E-state index >= 15 is 0 Å². The van der Waals surface area contributed by atoms with Crippen LogP contribution < -0.4 is 9.47 Å². The molecule has 9 heteroatoms. The van der Waals surface area contributed by atoms with Crippen LogP contribution >= 0.6 is 0 Å². The highest BCUT2D eigenvalue weighted by Gasteiger charge is 2.24. The summed E-state index contributed by atoms with van der Waals surface area (Å²) in [6.45, 7) is -0.157. The number of aliphatic imine (C=N–C) groups is 1. The third-order valence-corrected chi connectivity index (χ3v) is 4.89. The molecule has 0 radical (unpaired) electrons. The second kappa shape index (κ2) is 9.78. The van der Waals surface area contributed by atoms with Gasteiger partial charge in [-0.1, -0.05) is 36.4 Å². The molecule has 0 fully saturated rings. The van der Waals surface area contributed by atoms with Crippen LogP contribution in [0.3, 0.4) is 0 Å². The number of hydrogen-bond donors (Lipinski definition) is 0. The topological polar surface area (TPSA) is 117 Å². The number of ketones is 1. The van der Waals surface area contributed by atoms with Gasteiger partial charge in [0.25, 0.3) is 5.69 Å². The van der Waals surface area contributed by atoms with Gasteiger partial charge in [-0.05, 0) is 35.9 Å². The van der Waals surface area contributed by atoms with Crippen molar-refractivity contribution in [1.82, 2.24) is 0 Å². The molecule has 0 unspecified atom stereocenters. The normalized spacial score (nSPS) is 13.9. The molecule has 0 saturated carbocycles. The van der Waals surface area contributed by atoms with E-state index in [1.54, 1.807) is 42.5 Å². The summed E-state index contributed by atoms with van der Waals surface area (Å²) >= 11 is 0. The van der Waals surface area contributed by atoms with Crippen LogP contribution in [0.2, 0.25) is 0 Å². The Kier molecular flexibility index (Phi) is 6.45. The maximum absolute atomic E-state index is 12.3. The minimum atomic E-state index is -0.652. The summed E-state index contributed by atoms with van der Waals surface area (Å²) in [7, 11) is 1.47. The van der Waals surface area contributed by atoms with Gasteiger partial charge in [0.1, 0.15) is 0 Å². The molecule has 0 atom stereocenters. The zero-order chi connectivity index (χ0) is 24.1.